The van der Waals surface area contributed by atoms with Crippen LogP contribution in [-0.2, 0) is 32.7 Å². The number of likely N-dealkylation sites (N-methyl/N-ethyl adjacent to an activating group) is 1. The molecule has 0 aliphatic rings. The summed E-state index contributed by atoms with van der Waals surface area (Å²) in [5.41, 5.74) is 0. The number of carbonyl (C=O) groups is 2. The van der Waals surface area contributed by atoms with Gasteiger partial charge in [0.15, 0.2) is 6.10 Å². The summed E-state index contributed by atoms with van der Waals surface area (Å²) in [6.45, 7) is 4.36. The highest BCUT2D eigenvalue weighted by molar-refractivity contribution is 7.47. The molecule has 0 fully saturated rings. The second-order valence-corrected chi connectivity index (χ2v) is 17.2. The normalized spacial score (nSPS) is 14.0. The molecule has 0 aromatic carbocycles. The van der Waals surface area contributed by atoms with Gasteiger partial charge in [-0.3, -0.25) is 18.6 Å². The summed E-state index contributed by atoms with van der Waals surface area (Å²) in [4.78, 5) is 35.3. The number of nitrogens with zero attached hydrogens (tertiary/aromatic N) is 1. The van der Waals surface area contributed by atoms with Crippen molar-refractivity contribution in [3.8, 4) is 0 Å². The topological polar surface area (TPSA) is 108 Å². The molecular formula is C44H83NO8P+. The van der Waals surface area contributed by atoms with Gasteiger partial charge in [0.05, 0.1) is 27.7 Å². The number of hydrogen-bond acceptors (Lipinski definition) is 7. The van der Waals surface area contributed by atoms with Gasteiger partial charge in [0.1, 0.15) is 19.8 Å². The van der Waals surface area contributed by atoms with Crippen LogP contribution in [0, 0.1) is 0 Å². The van der Waals surface area contributed by atoms with Crippen molar-refractivity contribution >= 4 is 19.8 Å². The van der Waals surface area contributed by atoms with Crippen molar-refractivity contribution in [1.29, 1.82) is 0 Å². The van der Waals surface area contributed by atoms with E-state index in [-0.39, 0.29) is 32.0 Å². The summed E-state index contributed by atoms with van der Waals surface area (Å²) in [6, 6.07) is 0. The van der Waals surface area contributed by atoms with Gasteiger partial charge >= 0.3 is 19.8 Å². The molecule has 0 heterocycles. The molecule has 316 valence electrons. The lowest BCUT2D eigenvalue weighted by atomic mass is 10.1. The zero-order valence-corrected chi connectivity index (χ0v) is 36.3. The summed E-state index contributed by atoms with van der Waals surface area (Å²) in [6.07, 6.45) is 40.4. The molecule has 0 bridgehead atoms. The summed E-state index contributed by atoms with van der Waals surface area (Å²) in [5, 5.41) is 0. The Labute approximate surface area is 331 Å². The number of esters is 2. The van der Waals surface area contributed by atoms with Crippen LogP contribution < -0.4 is 0 Å². The predicted octanol–water partition coefficient (Wildman–Crippen LogP) is 12.1. The molecule has 1 N–H and O–H groups in total. The Hall–Kier alpha value is -1.77. The standard InChI is InChI=1S/C44H82NO8P/c1-6-8-10-12-14-16-18-20-22-24-26-28-30-32-34-36-43(46)50-40-42(41-52-54(48,49)51-39-38-45(3,4)5)53-44(47)37-35-33-31-29-27-25-23-21-19-17-15-13-11-9-7-2/h14,16-17,19-20,22,42H,6-13,15,18,21,23-41H2,1-5H3/p+1/b16-14+,19-17+,22-20+/t42-/m1/s1. The number of hydrogen-bond donors (Lipinski definition) is 1. The fourth-order valence-corrected chi connectivity index (χ4v) is 6.43. The molecule has 1 unspecified atom stereocenters. The average molecular weight is 785 g/mol. The third-order valence-electron chi connectivity index (χ3n) is 9.14. The minimum Gasteiger partial charge on any atom is -0.462 e. The molecule has 0 aromatic rings. The molecule has 10 heteroatoms. The Morgan fingerprint density at radius 3 is 1.52 bits per heavy atom. The van der Waals surface area contributed by atoms with Crippen LogP contribution in [-0.4, -0.2) is 74.9 Å². The third kappa shape index (κ3) is 39.9. The van der Waals surface area contributed by atoms with Crippen molar-refractivity contribution in [1.82, 2.24) is 0 Å². The van der Waals surface area contributed by atoms with E-state index in [9.17, 15) is 19.0 Å². The van der Waals surface area contributed by atoms with E-state index in [1.807, 2.05) is 21.1 Å². The van der Waals surface area contributed by atoms with Crippen molar-refractivity contribution < 1.29 is 42.1 Å². The molecule has 0 amide bonds. The van der Waals surface area contributed by atoms with Crippen molar-refractivity contribution in [2.45, 2.75) is 187 Å². The second kappa shape index (κ2) is 36.8. The van der Waals surface area contributed by atoms with E-state index < -0.39 is 26.5 Å². The lowest BCUT2D eigenvalue weighted by Gasteiger charge is -2.24. The summed E-state index contributed by atoms with van der Waals surface area (Å²) < 4.78 is 34.3. The SMILES string of the molecule is CCCCC/C=C/C/C=C/CCCCCCCC(=O)OC[C@H](COP(=O)(O)OCC[N+](C)(C)C)OC(=O)CCCCCCCCC/C=C/CCCCCC. The Morgan fingerprint density at radius 2 is 1.00 bits per heavy atom. The molecule has 2 atom stereocenters. The fraction of sp³-hybridized carbons (Fsp3) is 0.818. The third-order valence-corrected chi connectivity index (χ3v) is 10.1. The maximum absolute atomic E-state index is 12.7. The molecule has 0 aliphatic heterocycles. The van der Waals surface area contributed by atoms with Gasteiger partial charge in [0.2, 0.25) is 0 Å². The molecule has 0 saturated carbocycles. The van der Waals surface area contributed by atoms with Crippen LogP contribution in [0.1, 0.15) is 181 Å². The van der Waals surface area contributed by atoms with Gasteiger partial charge in [0, 0.05) is 12.8 Å². The van der Waals surface area contributed by atoms with Crippen LogP contribution in [0.4, 0.5) is 0 Å². The first kappa shape index (κ1) is 52.2. The highest BCUT2D eigenvalue weighted by atomic mass is 31.2. The van der Waals surface area contributed by atoms with Crippen LogP contribution in [0.5, 0.6) is 0 Å². The first-order valence-corrected chi connectivity index (χ1v) is 23.2. The quantitative estimate of drug-likeness (QED) is 0.0216. The number of carbonyl (C=O) groups excluding carboxylic acids is 2. The monoisotopic (exact) mass is 785 g/mol. The predicted molar refractivity (Wildman–Crippen MR) is 224 cm³/mol. The number of quaternary nitrogens is 1. The maximum atomic E-state index is 12.7. The highest BCUT2D eigenvalue weighted by Gasteiger charge is 2.27. The Morgan fingerprint density at radius 1 is 0.574 bits per heavy atom. The van der Waals surface area contributed by atoms with Crippen LogP contribution in [0.2, 0.25) is 0 Å². The summed E-state index contributed by atoms with van der Waals surface area (Å²) in [5.74, 6) is -0.819. The lowest BCUT2D eigenvalue weighted by Crippen LogP contribution is -2.37. The molecule has 0 saturated heterocycles. The minimum absolute atomic E-state index is 0.0283. The van der Waals surface area contributed by atoms with Crippen molar-refractivity contribution in [2.75, 3.05) is 47.5 Å². The van der Waals surface area contributed by atoms with Crippen LogP contribution in [0.3, 0.4) is 0 Å². The zero-order valence-electron chi connectivity index (χ0n) is 35.5. The Balaban J connectivity index is 4.40. The molecule has 0 spiro atoms. The Kier molecular flexibility index (Phi) is 35.6. The number of allylic oxidation sites excluding steroid dienone is 6. The number of rotatable bonds is 39. The maximum Gasteiger partial charge on any atom is 0.472 e. The number of phosphoric ester groups is 1. The van der Waals surface area contributed by atoms with Crippen molar-refractivity contribution in [3.63, 3.8) is 0 Å². The van der Waals surface area contributed by atoms with Crippen molar-refractivity contribution in [2.24, 2.45) is 0 Å². The van der Waals surface area contributed by atoms with E-state index in [2.05, 4.69) is 50.3 Å². The Bertz CT molecular complexity index is 1020. The average Bonchev–Trinajstić information content (AvgIpc) is 3.12. The number of phosphoric acid groups is 1. The molecule has 54 heavy (non-hydrogen) atoms. The molecule has 0 aliphatic carbocycles. The number of ether oxygens (including phenoxy) is 2. The van der Waals surface area contributed by atoms with Gasteiger partial charge in [-0.2, -0.15) is 0 Å². The first-order chi connectivity index (χ1) is 26.0. The van der Waals surface area contributed by atoms with E-state index in [4.69, 9.17) is 18.5 Å². The van der Waals surface area contributed by atoms with Gasteiger partial charge in [-0.25, -0.2) is 4.57 Å². The molecular weight excluding hydrogens is 701 g/mol. The molecule has 0 rings (SSSR count). The van der Waals surface area contributed by atoms with E-state index in [0.717, 1.165) is 70.6 Å². The summed E-state index contributed by atoms with van der Waals surface area (Å²) >= 11 is 0. The molecule has 9 nitrogen and oxygen atoms in total. The zero-order chi connectivity index (χ0) is 40.0. The van der Waals surface area contributed by atoms with Crippen LogP contribution in [0.15, 0.2) is 36.5 Å². The van der Waals surface area contributed by atoms with Gasteiger partial charge in [-0.1, -0.05) is 134 Å². The fourth-order valence-electron chi connectivity index (χ4n) is 5.68. The van der Waals surface area contributed by atoms with Gasteiger partial charge in [-0.15, -0.1) is 0 Å². The minimum atomic E-state index is -4.38. The smallest absolute Gasteiger partial charge is 0.462 e. The van der Waals surface area contributed by atoms with E-state index >= 15 is 0 Å². The lowest BCUT2D eigenvalue weighted by molar-refractivity contribution is -0.870. The van der Waals surface area contributed by atoms with Crippen molar-refractivity contribution in [3.05, 3.63) is 36.5 Å². The molecule has 0 aromatic heterocycles. The number of unbranched alkanes of at least 4 members (excludes halogenated alkanes) is 19. The van der Waals surface area contributed by atoms with Gasteiger partial charge in [-0.05, 0) is 70.6 Å². The van der Waals surface area contributed by atoms with Gasteiger partial charge < -0.3 is 18.9 Å². The molecule has 0 radical (unpaired) electrons. The highest BCUT2D eigenvalue weighted by Crippen LogP contribution is 2.43. The van der Waals surface area contributed by atoms with E-state index in [1.54, 1.807) is 0 Å². The van der Waals surface area contributed by atoms with Crippen LogP contribution in [0.25, 0.3) is 0 Å². The van der Waals surface area contributed by atoms with Crippen LogP contribution >= 0.6 is 7.82 Å². The van der Waals surface area contributed by atoms with E-state index in [0.29, 0.717) is 17.4 Å². The largest absolute Gasteiger partial charge is 0.472 e. The van der Waals surface area contributed by atoms with Gasteiger partial charge in [0.25, 0.3) is 0 Å². The van der Waals surface area contributed by atoms with E-state index in [1.165, 1.54) is 77.0 Å². The first-order valence-electron chi connectivity index (χ1n) is 21.7. The second-order valence-electron chi connectivity index (χ2n) is 15.7. The summed E-state index contributed by atoms with van der Waals surface area (Å²) in [7, 11) is 1.46.